The summed E-state index contributed by atoms with van der Waals surface area (Å²) in [7, 11) is 0. The average molecular weight is 404 g/mol. The largest absolute Gasteiger partial charge is 0.462 e. The van der Waals surface area contributed by atoms with Gasteiger partial charge in [0, 0.05) is 6.07 Å². The van der Waals surface area contributed by atoms with Crippen LogP contribution in [0.2, 0.25) is 0 Å². The van der Waals surface area contributed by atoms with Gasteiger partial charge in [0.2, 0.25) is 0 Å². The van der Waals surface area contributed by atoms with Gasteiger partial charge in [-0.2, -0.15) is 0 Å². The van der Waals surface area contributed by atoms with E-state index in [1.165, 1.54) is 12.7 Å². The van der Waals surface area contributed by atoms with Gasteiger partial charge in [-0.25, -0.2) is 19.8 Å². The van der Waals surface area contributed by atoms with Gasteiger partial charge >= 0.3 is 5.97 Å². The van der Waals surface area contributed by atoms with Gasteiger partial charge in [-0.3, -0.25) is 25.2 Å². The molecule has 2 aliphatic heterocycles. The lowest BCUT2D eigenvalue weighted by Gasteiger charge is -2.15. The van der Waals surface area contributed by atoms with E-state index in [-0.39, 0.29) is 17.1 Å². The highest BCUT2D eigenvalue weighted by atomic mass is 32.2. The number of nitro groups is 2. The monoisotopic (exact) mass is 404 g/mol. The fourth-order valence-corrected chi connectivity index (χ4v) is 3.43. The summed E-state index contributed by atoms with van der Waals surface area (Å²) in [4.78, 5) is 49.5. The van der Waals surface area contributed by atoms with Gasteiger partial charge in [0.1, 0.15) is 22.6 Å². The van der Waals surface area contributed by atoms with E-state index >= 15 is 0 Å². The van der Waals surface area contributed by atoms with E-state index < -0.39 is 33.2 Å². The van der Waals surface area contributed by atoms with Gasteiger partial charge in [0.05, 0.1) is 28.1 Å². The molecular weight excluding hydrogens is 392 g/mol. The number of ether oxygens (including phenoxy) is 1. The summed E-state index contributed by atoms with van der Waals surface area (Å²) in [5, 5.41) is 23.0. The first-order chi connectivity index (χ1) is 13.4. The van der Waals surface area contributed by atoms with Crippen LogP contribution in [0, 0.1) is 20.2 Å². The zero-order valence-electron chi connectivity index (χ0n) is 14.3. The number of carbonyl (C=O) groups is 1. The number of nitro benzene ring substituents is 2. The van der Waals surface area contributed by atoms with Crippen LogP contribution in [-0.2, 0) is 4.74 Å². The second-order valence-electron chi connectivity index (χ2n) is 5.46. The van der Waals surface area contributed by atoms with Gasteiger partial charge in [0.15, 0.2) is 11.9 Å². The number of fused-ring (bicyclic) bond motifs is 1. The number of rotatable bonds is 6. The Morgan fingerprint density at radius 3 is 2.68 bits per heavy atom. The Morgan fingerprint density at radius 2 is 2.00 bits per heavy atom. The summed E-state index contributed by atoms with van der Waals surface area (Å²) >= 11 is 0.804. The van der Waals surface area contributed by atoms with Crippen molar-refractivity contribution in [3.05, 3.63) is 37.9 Å². The number of nitrogens with zero attached hydrogens (tertiary/aromatic N) is 6. The van der Waals surface area contributed by atoms with Crippen LogP contribution in [0.25, 0.3) is 0 Å². The summed E-state index contributed by atoms with van der Waals surface area (Å²) in [5.41, 5.74) is -1.48. The standard InChI is InChI=1S/C15H12N6O6S/c1-2-3-27-15(22)9-4-8(20(23)24)5-10(21(25)26)12(9)28-14-11-13(17-6-16-11)18-7-19-14/h4-7,11H,2-3H2,1H3. The molecule has 0 saturated heterocycles. The van der Waals surface area contributed by atoms with Gasteiger partial charge in [-0.15, -0.1) is 0 Å². The SMILES string of the molecule is CCCOC(=O)c1cc([N+](=O)[O-])cc([N+](=O)[O-])c1SC1=NC=NC2=NC=NC21. The first-order valence-corrected chi connectivity index (χ1v) is 8.75. The number of carbonyl (C=O) groups excluding carboxylic acids is 1. The van der Waals surface area contributed by atoms with E-state index in [0.29, 0.717) is 17.3 Å². The lowest BCUT2D eigenvalue weighted by atomic mass is 10.1. The highest BCUT2D eigenvalue weighted by Crippen LogP contribution is 2.39. The molecule has 12 nitrogen and oxygen atoms in total. The molecule has 2 heterocycles. The van der Waals surface area contributed by atoms with Crippen LogP contribution < -0.4 is 0 Å². The number of non-ortho nitro benzene ring substituents is 1. The highest BCUT2D eigenvalue weighted by molar-refractivity contribution is 8.14. The predicted molar refractivity (Wildman–Crippen MR) is 102 cm³/mol. The van der Waals surface area contributed by atoms with Gasteiger partial charge in [0.25, 0.3) is 11.4 Å². The van der Waals surface area contributed by atoms with E-state index in [0.717, 1.165) is 23.9 Å². The molecule has 0 bridgehead atoms. The zero-order valence-corrected chi connectivity index (χ0v) is 15.2. The van der Waals surface area contributed by atoms with Crippen molar-refractivity contribution < 1.29 is 19.4 Å². The molecule has 2 aliphatic rings. The maximum absolute atomic E-state index is 12.4. The van der Waals surface area contributed by atoms with Crippen LogP contribution in [0.4, 0.5) is 11.4 Å². The van der Waals surface area contributed by atoms with Crippen molar-refractivity contribution >= 4 is 52.7 Å². The fourth-order valence-electron chi connectivity index (χ4n) is 2.35. The first kappa shape index (κ1) is 19.3. The highest BCUT2D eigenvalue weighted by Gasteiger charge is 2.34. The van der Waals surface area contributed by atoms with Crippen molar-refractivity contribution in [2.45, 2.75) is 24.3 Å². The Balaban J connectivity index is 2.10. The van der Waals surface area contributed by atoms with Crippen LogP contribution in [0.5, 0.6) is 0 Å². The fraction of sp³-hybridized carbons (Fsp3) is 0.267. The Bertz CT molecular complexity index is 985. The van der Waals surface area contributed by atoms with Crippen molar-refractivity contribution in [3.8, 4) is 0 Å². The maximum atomic E-state index is 12.4. The summed E-state index contributed by atoms with van der Waals surface area (Å²) < 4.78 is 5.05. The number of hydrogen-bond acceptors (Lipinski definition) is 11. The molecule has 0 fully saturated rings. The summed E-state index contributed by atoms with van der Waals surface area (Å²) in [5.74, 6) is -0.540. The Labute approximate surface area is 161 Å². The molecule has 0 spiro atoms. The minimum Gasteiger partial charge on any atom is -0.462 e. The predicted octanol–water partition coefficient (Wildman–Crippen LogP) is 2.41. The quantitative estimate of drug-likeness (QED) is 0.399. The summed E-state index contributed by atoms with van der Waals surface area (Å²) in [6.07, 6.45) is 3.03. The van der Waals surface area contributed by atoms with E-state index in [1.807, 2.05) is 0 Å². The van der Waals surface area contributed by atoms with Crippen molar-refractivity contribution in [3.63, 3.8) is 0 Å². The van der Waals surface area contributed by atoms with E-state index in [1.54, 1.807) is 6.92 Å². The van der Waals surface area contributed by atoms with Crippen LogP contribution in [0.15, 0.2) is 37.0 Å². The van der Waals surface area contributed by atoms with Gasteiger partial charge in [-0.1, -0.05) is 18.7 Å². The molecule has 13 heteroatoms. The number of benzene rings is 1. The van der Waals surface area contributed by atoms with E-state index in [4.69, 9.17) is 4.74 Å². The van der Waals surface area contributed by atoms with Gasteiger partial charge in [-0.05, 0) is 6.42 Å². The molecule has 0 N–H and O–H groups in total. The number of esters is 1. The second-order valence-corrected chi connectivity index (χ2v) is 6.49. The normalized spacial score (nSPS) is 17.0. The third-order valence-corrected chi connectivity index (χ3v) is 4.76. The van der Waals surface area contributed by atoms with Crippen molar-refractivity contribution in [2.24, 2.45) is 20.0 Å². The third kappa shape index (κ3) is 3.78. The van der Waals surface area contributed by atoms with Gasteiger partial charge < -0.3 is 4.74 Å². The van der Waals surface area contributed by atoms with Crippen molar-refractivity contribution in [1.29, 1.82) is 0 Å². The molecule has 0 aliphatic carbocycles. The second kappa shape index (κ2) is 8.04. The molecule has 0 amide bonds. The topological polar surface area (TPSA) is 162 Å². The Hall–Kier alpha value is -3.48. The minimum absolute atomic E-state index is 0.0662. The number of hydrogen-bond donors (Lipinski definition) is 0. The maximum Gasteiger partial charge on any atom is 0.339 e. The molecule has 0 saturated carbocycles. The molecule has 1 aromatic rings. The zero-order chi connectivity index (χ0) is 20.3. The number of amidine groups is 1. The Morgan fingerprint density at radius 1 is 1.21 bits per heavy atom. The molecular formula is C15H12N6O6S. The molecule has 1 atom stereocenters. The molecule has 1 unspecified atom stereocenters. The molecule has 0 radical (unpaired) electrons. The lowest BCUT2D eigenvalue weighted by Crippen LogP contribution is -2.26. The van der Waals surface area contributed by atoms with Crippen molar-refractivity contribution in [2.75, 3.05) is 6.61 Å². The van der Waals surface area contributed by atoms with E-state index in [9.17, 15) is 25.0 Å². The molecule has 1 aromatic carbocycles. The van der Waals surface area contributed by atoms with Crippen molar-refractivity contribution in [1.82, 2.24) is 0 Å². The molecule has 144 valence electrons. The van der Waals surface area contributed by atoms with Crippen LogP contribution in [0.3, 0.4) is 0 Å². The van der Waals surface area contributed by atoms with Crippen LogP contribution in [0.1, 0.15) is 23.7 Å². The summed E-state index contributed by atoms with van der Waals surface area (Å²) in [6.45, 7) is 1.84. The first-order valence-electron chi connectivity index (χ1n) is 7.93. The van der Waals surface area contributed by atoms with E-state index in [2.05, 4.69) is 20.0 Å². The summed E-state index contributed by atoms with van der Waals surface area (Å²) in [6, 6.07) is 1.10. The lowest BCUT2D eigenvalue weighted by molar-refractivity contribution is -0.396. The molecule has 3 rings (SSSR count). The Kier molecular flexibility index (Phi) is 5.54. The smallest absolute Gasteiger partial charge is 0.339 e. The van der Waals surface area contributed by atoms with Crippen LogP contribution >= 0.6 is 11.8 Å². The van der Waals surface area contributed by atoms with Crippen LogP contribution in [-0.4, -0.2) is 52.0 Å². The third-order valence-electron chi connectivity index (χ3n) is 3.58. The minimum atomic E-state index is -0.898. The molecule has 0 aromatic heterocycles. The number of aliphatic imine (C=N–C) groups is 4. The number of thioether (sulfide) groups is 1. The average Bonchev–Trinajstić information content (AvgIpc) is 3.15. The molecule has 28 heavy (non-hydrogen) atoms.